The summed E-state index contributed by atoms with van der Waals surface area (Å²) in [7, 11) is -4.26. The van der Waals surface area contributed by atoms with Crippen molar-refractivity contribution in [3.8, 4) is 17.2 Å². The molecule has 0 aliphatic carbocycles. The summed E-state index contributed by atoms with van der Waals surface area (Å²) in [5.41, 5.74) is 5.09. The van der Waals surface area contributed by atoms with Crippen molar-refractivity contribution < 1.29 is 37.1 Å². The van der Waals surface area contributed by atoms with Crippen LogP contribution >= 0.6 is 11.6 Å². The number of carbonyl (C=O) groups excluding carboxylic acids is 2. The second kappa shape index (κ2) is 15.0. The van der Waals surface area contributed by atoms with Gasteiger partial charge in [-0.3, -0.25) is 14.4 Å². The van der Waals surface area contributed by atoms with Gasteiger partial charge in [-0.1, -0.05) is 79.5 Å². The Balaban J connectivity index is 1.38. The highest BCUT2D eigenvalue weighted by Crippen LogP contribution is 2.36. The van der Waals surface area contributed by atoms with Gasteiger partial charge < -0.3 is 14.2 Å². The molecule has 10 nitrogen and oxygen atoms in total. The average molecular weight is 663 g/mol. The first-order chi connectivity index (χ1) is 22.2. The average Bonchev–Trinajstić information content (AvgIpc) is 3.52. The second-order valence-corrected chi connectivity index (χ2v) is 12.2. The number of carbonyl (C=O) groups is 2. The lowest BCUT2D eigenvalue weighted by Gasteiger charge is -2.21. The number of halogens is 1. The van der Waals surface area contributed by atoms with E-state index in [2.05, 4.69) is 10.2 Å². The predicted molar refractivity (Wildman–Crippen MR) is 173 cm³/mol. The van der Waals surface area contributed by atoms with E-state index in [4.69, 9.17) is 30.6 Å². The number of sulfonamides is 1. The summed E-state index contributed by atoms with van der Waals surface area (Å²) in [6.45, 7) is 2.16. The largest absolute Gasteiger partial charge is 0.475 e. The SMILES string of the molecule is CCCc1cc(C(=O)NOCc2ccccc2)ccc1OC(C(=O)NS(=O)(=O)/C=C/c1ccccc1Cl)c1ccc2c(c1)OCO2. The fraction of sp³-hybridized carbons (Fsp3) is 0.176. The van der Waals surface area contributed by atoms with E-state index < -0.39 is 27.9 Å². The fourth-order valence-corrected chi connectivity index (χ4v) is 5.58. The molecule has 2 amide bonds. The number of aryl methyl sites for hydroxylation is 1. The van der Waals surface area contributed by atoms with Crippen LogP contribution in [0, 0.1) is 0 Å². The lowest BCUT2D eigenvalue weighted by molar-refractivity contribution is -0.126. The standard InChI is InChI=1S/C34H31ClN2O8S/c1-2-8-25-19-27(33(38)36-44-21-23-9-4-3-5-10-23)14-15-29(25)45-32(26-13-16-30-31(20-26)43-22-42-30)34(39)37-46(40,41)18-17-24-11-6-7-12-28(24)35/h3-7,9-20,32H,2,8,21-22H2,1H3,(H,36,38)(H,37,39)/b18-17+. The van der Waals surface area contributed by atoms with Crippen molar-refractivity contribution in [3.05, 3.63) is 129 Å². The van der Waals surface area contributed by atoms with Crippen LogP contribution in [0.4, 0.5) is 0 Å². The summed E-state index contributed by atoms with van der Waals surface area (Å²) in [6, 6.07) is 25.6. The Hall–Kier alpha value is -4.84. The minimum atomic E-state index is -4.26. The Bertz CT molecular complexity index is 1850. The van der Waals surface area contributed by atoms with Gasteiger partial charge in [-0.2, -0.15) is 0 Å². The molecule has 0 saturated carbocycles. The van der Waals surface area contributed by atoms with E-state index in [0.29, 0.717) is 57.4 Å². The highest BCUT2D eigenvalue weighted by Gasteiger charge is 2.29. The van der Waals surface area contributed by atoms with Crippen molar-refractivity contribution in [2.75, 3.05) is 6.79 Å². The van der Waals surface area contributed by atoms with Crippen LogP contribution in [0.2, 0.25) is 5.02 Å². The summed E-state index contributed by atoms with van der Waals surface area (Å²) in [6.07, 6.45) is 1.09. The molecule has 46 heavy (non-hydrogen) atoms. The van der Waals surface area contributed by atoms with Crippen molar-refractivity contribution in [2.45, 2.75) is 32.5 Å². The Morgan fingerprint density at radius 2 is 1.72 bits per heavy atom. The summed E-state index contributed by atoms with van der Waals surface area (Å²) in [4.78, 5) is 31.8. The zero-order chi connectivity index (χ0) is 32.5. The van der Waals surface area contributed by atoms with Crippen LogP contribution < -0.4 is 24.4 Å². The summed E-state index contributed by atoms with van der Waals surface area (Å²) in [5, 5.41) is 1.21. The van der Waals surface area contributed by atoms with Crippen LogP contribution in [0.1, 0.15) is 52.1 Å². The van der Waals surface area contributed by atoms with Crippen molar-refractivity contribution in [3.63, 3.8) is 0 Å². The van der Waals surface area contributed by atoms with Crippen LogP contribution in [-0.4, -0.2) is 27.0 Å². The first-order valence-electron chi connectivity index (χ1n) is 14.4. The van der Waals surface area contributed by atoms with Crippen LogP contribution in [0.5, 0.6) is 17.2 Å². The van der Waals surface area contributed by atoms with Gasteiger partial charge in [-0.25, -0.2) is 18.6 Å². The Morgan fingerprint density at radius 1 is 0.957 bits per heavy atom. The molecule has 1 aliphatic rings. The quantitative estimate of drug-likeness (QED) is 0.164. The molecular weight excluding hydrogens is 632 g/mol. The fourth-order valence-electron chi connectivity index (χ4n) is 4.60. The van der Waals surface area contributed by atoms with Crippen molar-refractivity contribution >= 4 is 39.5 Å². The third-order valence-electron chi connectivity index (χ3n) is 6.85. The summed E-state index contributed by atoms with van der Waals surface area (Å²) < 4.78 is 45.1. The number of hydrogen-bond donors (Lipinski definition) is 2. The Kier molecular flexibility index (Phi) is 10.6. The first-order valence-corrected chi connectivity index (χ1v) is 16.3. The smallest absolute Gasteiger partial charge is 0.279 e. The van der Waals surface area contributed by atoms with E-state index in [-0.39, 0.29) is 13.4 Å². The molecule has 0 bridgehead atoms. The molecule has 1 aliphatic heterocycles. The number of fused-ring (bicyclic) bond motifs is 1. The molecule has 12 heteroatoms. The maximum absolute atomic E-state index is 13.6. The molecule has 0 aromatic heterocycles. The van der Waals surface area contributed by atoms with Gasteiger partial charge in [0.25, 0.3) is 21.8 Å². The molecule has 0 saturated heterocycles. The van der Waals surface area contributed by atoms with Crippen molar-refractivity contribution in [1.82, 2.24) is 10.2 Å². The normalized spacial score (nSPS) is 12.9. The minimum Gasteiger partial charge on any atom is -0.475 e. The maximum atomic E-state index is 13.6. The van der Waals surface area contributed by atoms with Crippen LogP contribution in [0.3, 0.4) is 0 Å². The highest BCUT2D eigenvalue weighted by molar-refractivity contribution is 7.93. The van der Waals surface area contributed by atoms with Gasteiger partial charge in [0.1, 0.15) is 5.75 Å². The van der Waals surface area contributed by atoms with Gasteiger partial charge >= 0.3 is 0 Å². The number of hydrogen-bond acceptors (Lipinski definition) is 8. The number of ether oxygens (including phenoxy) is 3. The predicted octanol–water partition coefficient (Wildman–Crippen LogP) is 6.12. The van der Waals surface area contributed by atoms with Crippen molar-refractivity contribution in [2.24, 2.45) is 0 Å². The number of benzene rings is 4. The molecule has 0 spiro atoms. The molecule has 0 radical (unpaired) electrons. The minimum absolute atomic E-state index is 0.0109. The molecule has 2 N–H and O–H groups in total. The second-order valence-electron chi connectivity index (χ2n) is 10.2. The van der Waals surface area contributed by atoms with Gasteiger partial charge in [0.2, 0.25) is 12.9 Å². The van der Waals surface area contributed by atoms with E-state index in [1.807, 2.05) is 37.3 Å². The first kappa shape index (κ1) is 32.6. The van der Waals surface area contributed by atoms with E-state index in [1.165, 1.54) is 12.1 Å². The molecule has 238 valence electrons. The number of rotatable bonds is 13. The summed E-state index contributed by atoms with van der Waals surface area (Å²) >= 11 is 6.14. The van der Waals surface area contributed by atoms with Crippen LogP contribution in [-0.2, 0) is 32.7 Å². The molecule has 1 heterocycles. The van der Waals surface area contributed by atoms with E-state index in [9.17, 15) is 18.0 Å². The zero-order valence-corrected chi connectivity index (χ0v) is 26.3. The summed E-state index contributed by atoms with van der Waals surface area (Å²) in [5.74, 6) is -0.237. The molecule has 4 aromatic carbocycles. The third kappa shape index (κ3) is 8.45. The number of nitrogens with one attached hydrogen (secondary N) is 2. The number of amides is 2. The maximum Gasteiger partial charge on any atom is 0.279 e. The topological polar surface area (TPSA) is 129 Å². The van der Waals surface area contributed by atoms with E-state index >= 15 is 0 Å². The van der Waals surface area contributed by atoms with Crippen molar-refractivity contribution in [1.29, 1.82) is 0 Å². The van der Waals surface area contributed by atoms with Gasteiger partial charge in [0.15, 0.2) is 11.5 Å². The lowest BCUT2D eigenvalue weighted by atomic mass is 10.0. The van der Waals surface area contributed by atoms with Crippen LogP contribution in [0.15, 0.2) is 96.4 Å². The molecule has 0 fully saturated rings. The molecule has 1 atom stereocenters. The monoisotopic (exact) mass is 662 g/mol. The molecule has 4 aromatic rings. The highest BCUT2D eigenvalue weighted by atomic mass is 35.5. The van der Waals surface area contributed by atoms with Gasteiger partial charge in [0, 0.05) is 16.1 Å². The molecular formula is C34H31ClN2O8S. The van der Waals surface area contributed by atoms with Gasteiger partial charge in [-0.05, 0) is 65.6 Å². The molecule has 1 unspecified atom stereocenters. The van der Waals surface area contributed by atoms with Gasteiger partial charge in [-0.15, -0.1) is 0 Å². The Labute approximate surface area is 271 Å². The lowest BCUT2D eigenvalue weighted by Crippen LogP contribution is -2.36. The van der Waals surface area contributed by atoms with E-state index in [1.54, 1.807) is 54.6 Å². The zero-order valence-electron chi connectivity index (χ0n) is 24.8. The third-order valence-corrected chi connectivity index (χ3v) is 8.17. The van der Waals surface area contributed by atoms with Crippen LogP contribution in [0.25, 0.3) is 6.08 Å². The Morgan fingerprint density at radius 3 is 2.50 bits per heavy atom. The number of hydroxylamine groups is 1. The molecule has 5 rings (SSSR count). The van der Waals surface area contributed by atoms with E-state index in [0.717, 1.165) is 11.0 Å². The van der Waals surface area contributed by atoms with Gasteiger partial charge in [0.05, 0.1) is 12.0 Å².